The van der Waals surface area contributed by atoms with E-state index in [4.69, 9.17) is 4.74 Å². The van der Waals surface area contributed by atoms with Crippen molar-refractivity contribution >= 4 is 34.1 Å². The third-order valence-corrected chi connectivity index (χ3v) is 6.86. The molecule has 0 radical (unpaired) electrons. The van der Waals surface area contributed by atoms with Crippen molar-refractivity contribution in [3.8, 4) is 6.07 Å². The smallest absolute Gasteiger partial charge is 0.329 e. The van der Waals surface area contributed by atoms with Gasteiger partial charge in [0.1, 0.15) is 17.1 Å². The van der Waals surface area contributed by atoms with E-state index in [1.807, 2.05) is 19.1 Å². The number of anilines is 1. The summed E-state index contributed by atoms with van der Waals surface area (Å²) in [6.07, 6.45) is 5.01. The van der Waals surface area contributed by atoms with Gasteiger partial charge in [-0.1, -0.05) is 38.0 Å². The number of hydrogen-bond acceptors (Lipinski definition) is 6. The summed E-state index contributed by atoms with van der Waals surface area (Å²) in [5, 5.41) is 15.5. The fourth-order valence-electron chi connectivity index (χ4n) is 3.77. The summed E-state index contributed by atoms with van der Waals surface area (Å²) in [7, 11) is 0. The maximum Gasteiger partial charge on any atom is 0.329 e. The van der Waals surface area contributed by atoms with Crippen LogP contribution >= 0.6 is 11.3 Å². The minimum Gasteiger partial charge on any atom is -0.454 e. The number of carbonyl (C=O) groups is 3. The van der Waals surface area contributed by atoms with Crippen LogP contribution in [0.4, 0.5) is 5.00 Å². The Hall–Kier alpha value is -3.18. The molecule has 1 aromatic carbocycles. The molecule has 174 valence electrons. The molecular formula is C25H29N3O4S. The Labute approximate surface area is 198 Å². The quantitative estimate of drug-likeness (QED) is 0.470. The fourth-order valence-corrected chi connectivity index (χ4v) is 5.02. The molecule has 2 amide bonds. The minimum atomic E-state index is -0.890. The SMILES string of the molecule is Cc1ccc(C(=O)NC(C(=O)OCC(=O)Nc2sc3c(c2C#N)CCCCC3)C(C)C)cc1. The normalized spacial score (nSPS) is 13.9. The summed E-state index contributed by atoms with van der Waals surface area (Å²) >= 11 is 1.43. The number of esters is 1. The Kier molecular flexibility index (Phi) is 8.23. The summed E-state index contributed by atoms with van der Waals surface area (Å²) < 4.78 is 5.21. The number of aryl methyl sites for hydroxylation is 2. The second kappa shape index (κ2) is 11.1. The summed E-state index contributed by atoms with van der Waals surface area (Å²) in [5.74, 6) is -1.80. The molecule has 1 atom stereocenters. The zero-order chi connectivity index (χ0) is 24.0. The summed E-state index contributed by atoms with van der Waals surface area (Å²) in [4.78, 5) is 38.7. The first kappa shape index (κ1) is 24.5. The highest BCUT2D eigenvalue weighted by molar-refractivity contribution is 7.16. The molecule has 1 aliphatic carbocycles. The van der Waals surface area contributed by atoms with E-state index in [0.717, 1.165) is 48.1 Å². The topological polar surface area (TPSA) is 108 Å². The van der Waals surface area contributed by atoms with E-state index in [1.165, 1.54) is 11.3 Å². The predicted octanol–water partition coefficient (Wildman–Crippen LogP) is 4.13. The Morgan fingerprint density at radius 2 is 1.82 bits per heavy atom. The van der Waals surface area contributed by atoms with Gasteiger partial charge in [0.15, 0.2) is 6.61 Å². The molecule has 1 aliphatic rings. The largest absolute Gasteiger partial charge is 0.454 e. The number of amides is 2. The maximum atomic E-state index is 12.6. The van der Waals surface area contributed by atoms with E-state index in [9.17, 15) is 19.6 Å². The van der Waals surface area contributed by atoms with E-state index in [-0.39, 0.29) is 11.8 Å². The average Bonchev–Trinajstić information content (AvgIpc) is 2.94. The third kappa shape index (κ3) is 6.20. The number of hydrogen-bond donors (Lipinski definition) is 2. The highest BCUT2D eigenvalue weighted by Gasteiger charge is 2.27. The molecule has 8 heteroatoms. The van der Waals surface area contributed by atoms with Crippen LogP contribution in [-0.2, 0) is 27.2 Å². The van der Waals surface area contributed by atoms with Gasteiger partial charge in [-0.25, -0.2) is 4.79 Å². The van der Waals surface area contributed by atoms with Crippen molar-refractivity contribution in [2.24, 2.45) is 5.92 Å². The van der Waals surface area contributed by atoms with Crippen molar-refractivity contribution in [2.45, 2.75) is 58.9 Å². The van der Waals surface area contributed by atoms with Gasteiger partial charge < -0.3 is 15.4 Å². The molecule has 0 saturated heterocycles. The first-order valence-electron chi connectivity index (χ1n) is 11.2. The predicted molar refractivity (Wildman–Crippen MR) is 127 cm³/mol. The molecule has 2 N–H and O–H groups in total. The van der Waals surface area contributed by atoms with Gasteiger partial charge in [-0.15, -0.1) is 11.3 Å². The van der Waals surface area contributed by atoms with Crippen LogP contribution in [0.1, 0.15) is 65.0 Å². The van der Waals surface area contributed by atoms with E-state index in [1.54, 1.807) is 26.0 Å². The van der Waals surface area contributed by atoms with Gasteiger partial charge in [-0.05, 0) is 56.2 Å². The van der Waals surface area contributed by atoms with Crippen molar-refractivity contribution < 1.29 is 19.1 Å². The van der Waals surface area contributed by atoms with Crippen LogP contribution in [-0.4, -0.2) is 30.4 Å². The van der Waals surface area contributed by atoms with Crippen LogP contribution in [0, 0.1) is 24.2 Å². The van der Waals surface area contributed by atoms with Crippen molar-refractivity contribution in [3.63, 3.8) is 0 Å². The van der Waals surface area contributed by atoms with Crippen LogP contribution in [0.15, 0.2) is 24.3 Å². The van der Waals surface area contributed by atoms with Crippen LogP contribution < -0.4 is 10.6 Å². The number of fused-ring (bicyclic) bond motifs is 1. The van der Waals surface area contributed by atoms with E-state index in [2.05, 4.69) is 16.7 Å². The molecule has 3 rings (SSSR count). The molecule has 0 bridgehead atoms. The molecule has 1 heterocycles. The lowest BCUT2D eigenvalue weighted by molar-refractivity contribution is -0.150. The van der Waals surface area contributed by atoms with Crippen LogP contribution in [0.2, 0.25) is 0 Å². The second-order valence-corrected chi connectivity index (χ2v) is 9.70. The molecule has 7 nitrogen and oxygen atoms in total. The Balaban J connectivity index is 1.59. The summed E-state index contributed by atoms with van der Waals surface area (Å²) in [5.41, 5.74) is 3.02. The number of thiophene rings is 1. The Bertz CT molecular complexity index is 1070. The monoisotopic (exact) mass is 467 g/mol. The van der Waals surface area contributed by atoms with E-state index in [0.29, 0.717) is 16.1 Å². The Morgan fingerprint density at radius 1 is 1.12 bits per heavy atom. The standard InChI is InChI=1S/C25H29N3O4S/c1-15(2)22(28-23(30)17-11-9-16(3)10-12-17)25(31)32-14-21(29)27-24-19(13-26)18-7-5-4-6-8-20(18)33-24/h9-12,15,22H,4-8,14H2,1-3H3,(H,27,29)(H,28,30). The van der Waals surface area contributed by atoms with E-state index >= 15 is 0 Å². The molecule has 0 aliphatic heterocycles. The number of benzene rings is 1. The zero-order valence-electron chi connectivity index (χ0n) is 19.2. The summed E-state index contributed by atoms with van der Waals surface area (Å²) in [6, 6.07) is 8.35. The van der Waals surface area contributed by atoms with Crippen LogP contribution in [0.3, 0.4) is 0 Å². The van der Waals surface area contributed by atoms with Crippen molar-refractivity contribution in [2.75, 3.05) is 11.9 Å². The lowest BCUT2D eigenvalue weighted by atomic mass is 10.0. The van der Waals surface area contributed by atoms with Gasteiger partial charge in [0.05, 0.1) is 5.56 Å². The number of carbonyl (C=O) groups excluding carboxylic acids is 3. The third-order valence-electron chi connectivity index (χ3n) is 5.65. The fraction of sp³-hybridized carbons (Fsp3) is 0.440. The lowest BCUT2D eigenvalue weighted by Crippen LogP contribution is -2.45. The van der Waals surface area contributed by atoms with Gasteiger partial charge in [0.25, 0.3) is 11.8 Å². The number of rotatable bonds is 7. The number of ether oxygens (including phenoxy) is 1. The maximum absolute atomic E-state index is 12.6. The first-order chi connectivity index (χ1) is 15.8. The molecule has 0 spiro atoms. The number of nitriles is 1. The van der Waals surface area contributed by atoms with Gasteiger partial charge >= 0.3 is 5.97 Å². The van der Waals surface area contributed by atoms with E-state index < -0.39 is 24.5 Å². The molecule has 0 fully saturated rings. The van der Waals surface area contributed by atoms with Gasteiger partial charge in [-0.2, -0.15) is 5.26 Å². The summed E-state index contributed by atoms with van der Waals surface area (Å²) in [6.45, 7) is 5.02. The zero-order valence-corrected chi connectivity index (χ0v) is 20.0. The van der Waals surface area contributed by atoms with Crippen molar-refractivity contribution in [1.82, 2.24) is 5.32 Å². The molecule has 2 aromatic rings. The van der Waals surface area contributed by atoms with Crippen LogP contribution in [0.25, 0.3) is 0 Å². The van der Waals surface area contributed by atoms with Crippen molar-refractivity contribution in [3.05, 3.63) is 51.4 Å². The van der Waals surface area contributed by atoms with Crippen molar-refractivity contribution in [1.29, 1.82) is 5.26 Å². The second-order valence-electron chi connectivity index (χ2n) is 8.60. The highest BCUT2D eigenvalue weighted by atomic mass is 32.1. The molecule has 0 saturated carbocycles. The van der Waals surface area contributed by atoms with Gasteiger partial charge in [-0.3, -0.25) is 9.59 Å². The minimum absolute atomic E-state index is 0.229. The number of nitrogens with one attached hydrogen (secondary N) is 2. The molecular weight excluding hydrogens is 438 g/mol. The Morgan fingerprint density at radius 3 is 2.48 bits per heavy atom. The molecule has 1 aromatic heterocycles. The first-order valence-corrected chi connectivity index (χ1v) is 12.0. The molecule has 1 unspecified atom stereocenters. The highest BCUT2D eigenvalue weighted by Crippen LogP contribution is 2.36. The van der Waals surface area contributed by atoms with Gasteiger partial charge in [0.2, 0.25) is 0 Å². The lowest BCUT2D eigenvalue weighted by Gasteiger charge is -2.20. The molecule has 33 heavy (non-hydrogen) atoms. The number of nitrogens with zero attached hydrogens (tertiary/aromatic N) is 1. The average molecular weight is 468 g/mol. The van der Waals surface area contributed by atoms with Crippen LogP contribution in [0.5, 0.6) is 0 Å². The van der Waals surface area contributed by atoms with Gasteiger partial charge in [0, 0.05) is 10.4 Å².